The lowest BCUT2D eigenvalue weighted by Crippen LogP contribution is -2.17. The monoisotopic (exact) mass is 353 g/mol. The van der Waals surface area contributed by atoms with Crippen LogP contribution < -0.4 is 5.43 Å². The highest BCUT2D eigenvalue weighted by atomic mass is 16.5. The lowest BCUT2D eigenvalue weighted by molar-refractivity contribution is -0.143. The topological polar surface area (TPSA) is 85.8 Å². The van der Waals surface area contributed by atoms with Crippen molar-refractivity contribution in [3.63, 3.8) is 0 Å². The van der Waals surface area contributed by atoms with Gasteiger partial charge in [-0.2, -0.15) is 5.10 Å². The maximum atomic E-state index is 11.9. The number of aromatic nitrogens is 1. The number of fused-ring (bicyclic) bond motifs is 1. The summed E-state index contributed by atoms with van der Waals surface area (Å²) in [6.45, 7) is 4.13. The molecule has 0 saturated carbocycles. The van der Waals surface area contributed by atoms with E-state index in [9.17, 15) is 9.59 Å². The van der Waals surface area contributed by atoms with Crippen molar-refractivity contribution in [2.45, 2.75) is 20.4 Å². The van der Waals surface area contributed by atoms with Crippen LogP contribution in [0.5, 0.6) is 0 Å². The van der Waals surface area contributed by atoms with E-state index >= 15 is 0 Å². The van der Waals surface area contributed by atoms with E-state index < -0.39 is 5.91 Å². The number of amides is 1. The molecule has 0 unspecified atom stereocenters. The Morgan fingerprint density at radius 3 is 2.81 bits per heavy atom. The fourth-order valence-corrected chi connectivity index (χ4v) is 2.78. The van der Waals surface area contributed by atoms with Gasteiger partial charge in [0, 0.05) is 22.2 Å². The Morgan fingerprint density at radius 1 is 1.27 bits per heavy atom. The molecule has 26 heavy (non-hydrogen) atoms. The molecule has 0 saturated heterocycles. The third kappa shape index (κ3) is 3.51. The molecule has 1 N–H and O–H groups in total. The van der Waals surface area contributed by atoms with Crippen molar-refractivity contribution in [3.05, 3.63) is 59.7 Å². The summed E-state index contributed by atoms with van der Waals surface area (Å²) in [5.41, 5.74) is 5.01. The smallest absolute Gasteiger partial charge is 0.325 e. The number of para-hydroxylation sites is 1. The van der Waals surface area contributed by atoms with Crippen molar-refractivity contribution in [3.8, 4) is 0 Å². The predicted octanol–water partition coefficient (Wildman–Crippen LogP) is 2.87. The van der Waals surface area contributed by atoms with Crippen LogP contribution in [-0.4, -0.2) is 29.3 Å². The summed E-state index contributed by atoms with van der Waals surface area (Å²) in [5.74, 6) is -0.547. The summed E-state index contributed by atoms with van der Waals surface area (Å²) in [4.78, 5) is 23.8. The molecule has 3 rings (SSSR count). The molecule has 0 radical (unpaired) electrons. The molecule has 0 aliphatic rings. The minimum absolute atomic E-state index is 0.118. The highest BCUT2D eigenvalue weighted by Gasteiger charge is 2.15. The number of hydrogen-bond donors (Lipinski definition) is 1. The number of furan rings is 1. The van der Waals surface area contributed by atoms with Crippen LogP contribution in [0.2, 0.25) is 0 Å². The zero-order chi connectivity index (χ0) is 18.5. The molecule has 3 aromatic rings. The molecule has 0 atom stereocenters. The van der Waals surface area contributed by atoms with Gasteiger partial charge in [0.05, 0.1) is 19.1 Å². The van der Waals surface area contributed by atoms with E-state index in [0.29, 0.717) is 6.61 Å². The van der Waals surface area contributed by atoms with Crippen LogP contribution in [0.4, 0.5) is 0 Å². The highest BCUT2D eigenvalue weighted by Crippen LogP contribution is 2.24. The minimum atomic E-state index is -0.431. The quantitative estimate of drug-likeness (QED) is 0.419. The van der Waals surface area contributed by atoms with Crippen LogP contribution in [0, 0.1) is 6.92 Å². The van der Waals surface area contributed by atoms with Gasteiger partial charge in [0.15, 0.2) is 5.76 Å². The molecular weight excluding hydrogens is 334 g/mol. The van der Waals surface area contributed by atoms with Crippen LogP contribution in [0.15, 0.2) is 52.2 Å². The molecule has 2 heterocycles. The van der Waals surface area contributed by atoms with E-state index in [-0.39, 0.29) is 18.3 Å². The van der Waals surface area contributed by atoms with Crippen LogP contribution in [0.3, 0.4) is 0 Å². The molecule has 0 bridgehead atoms. The number of carbonyl (C=O) groups excluding carboxylic acids is 2. The number of hydrazone groups is 1. The molecule has 7 nitrogen and oxygen atoms in total. The van der Waals surface area contributed by atoms with Gasteiger partial charge in [0.1, 0.15) is 6.54 Å². The SMILES string of the molecule is CCOC(=O)Cn1c(C)c(/C=N/NC(=O)c2ccco2)c2ccccc21. The number of nitrogens with zero attached hydrogens (tertiary/aromatic N) is 2. The molecular formula is C19H19N3O4. The Bertz CT molecular complexity index is 955. The van der Waals surface area contributed by atoms with Crippen LogP contribution in [-0.2, 0) is 16.1 Å². The van der Waals surface area contributed by atoms with Gasteiger partial charge in [0.25, 0.3) is 0 Å². The average Bonchev–Trinajstić information content (AvgIpc) is 3.25. The maximum absolute atomic E-state index is 11.9. The summed E-state index contributed by atoms with van der Waals surface area (Å²) in [7, 11) is 0. The number of ether oxygens (including phenoxy) is 1. The van der Waals surface area contributed by atoms with E-state index in [1.807, 2.05) is 35.8 Å². The lowest BCUT2D eigenvalue weighted by atomic mass is 10.1. The zero-order valence-corrected chi connectivity index (χ0v) is 14.6. The fourth-order valence-electron chi connectivity index (χ4n) is 2.78. The summed E-state index contributed by atoms with van der Waals surface area (Å²) in [6, 6.07) is 10.9. The third-order valence-electron chi connectivity index (χ3n) is 3.98. The van der Waals surface area contributed by atoms with E-state index in [2.05, 4.69) is 10.5 Å². The standard InChI is InChI=1S/C19H19N3O4/c1-3-25-18(23)12-22-13(2)15(14-7-4-5-8-16(14)22)11-20-21-19(24)17-9-6-10-26-17/h4-11H,3,12H2,1-2H3,(H,21,24)/b20-11+. The van der Waals surface area contributed by atoms with Gasteiger partial charge >= 0.3 is 11.9 Å². The summed E-state index contributed by atoms with van der Waals surface area (Å²) in [6.07, 6.45) is 2.99. The van der Waals surface area contributed by atoms with Gasteiger partial charge in [-0.1, -0.05) is 18.2 Å². The molecule has 7 heteroatoms. The molecule has 0 aliphatic heterocycles. The molecule has 1 amide bonds. The molecule has 0 aliphatic carbocycles. The van der Waals surface area contributed by atoms with Gasteiger partial charge in [0.2, 0.25) is 0 Å². The second kappa shape index (κ2) is 7.69. The average molecular weight is 353 g/mol. The van der Waals surface area contributed by atoms with Crippen molar-refractivity contribution in [2.24, 2.45) is 5.10 Å². The van der Waals surface area contributed by atoms with Crippen LogP contribution in [0.25, 0.3) is 10.9 Å². The first-order valence-electron chi connectivity index (χ1n) is 8.22. The highest BCUT2D eigenvalue weighted by molar-refractivity contribution is 6.02. The van der Waals surface area contributed by atoms with E-state index in [0.717, 1.165) is 22.2 Å². The lowest BCUT2D eigenvalue weighted by Gasteiger charge is -2.07. The van der Waals surface area contributed by atoms with Crippen molar-refractivity contribution in [2.75, 3.05) is 6.61 Å². The number of benzene rings is 1. The van der Waals surface area contributed by atoms with Gasteiger partial charge in [-0.15, -0.1) is 0 Å². The predicted molar refractivity (Wildman–Crippen MR) is 97.1 cm³/mol. The number of rotatable bonds is 6. The number of nitrogens with one attached hydrogen (secondary N) is 1. The largest absolute Gasteiger partial charge is 0.465 e. The first-order valence-corrected chi connectivity index (χ1v) is 8.22. The fraction of sp³-hybridized carbons (Fsp3) is 0.211. The van der Waals surface area contributed by atoms with Crippen LogP contribution in [0.1, 0.15) is 28.7 Å². The summed E-state index contributed by atoms with van der Waals surface area (Å²) in [5, 5.41) is 4.96. The van der Waals surface area contributed by atoms with Gasteiger partial charge in [-0.3, -0.25) is 9.59 Å². The van der Waals surface area contributed by atoms with Crippen molar-refractivity contribution >= 4 is 29.0 Å². The van der Waals surface area contributed by atoms with Gasteiger partial charge in [-0.25, -0.2) is 5.43 Å². The maximum Gasteiger partial charge on any atom is 0.325 e. The molecule has 0 fully saturated rings. The van der Waals surface area contributed by atoms with E-state index in [1.54, 1.807) is 25.3 Å². The zero-order valence-electron chi connectivity index (χ0n) is 14.6. The summed E-state index contributed by atoms with van der Waals surface area (Å²) >= 11 is 0. The second-order valence-corrected chi connectivity index (χ2v) is 5.58. The Hall–Kier alpha value is -3.35. The normalized spacial score (nSPS) is 11.2. The van der Waals surface area contributed by atoms with Crippen molar-refractivity contribution < 1.29 is 18.7 Å². The summed E-state index contributed by atoms with van der Waals surface area (Å²) < 4.78 is 12.0. The van der Waals surface area contributed by atoms with E-state index in [4.69, 9.17) is 9.15 Å². The Labute approximate surface area is 150 Å². The Balaban J connectivity index is 1.88. The first-order chi connectivity index (χ1) is 12.6. The van der Waals surface area contributed by atoms with E-state index in [1.165, 1.54) is 6.26 Å². The van der Waals surface area contributed by atoms with Crippen molar-refractivity contribution in [1.82, 2.24) is 9.99 Å². The van der Waals surface area contributed by atoms with Gasteiger partial charge < -0.3 is 13.7 Å². The number of carbonyl (C=O) groups is 2. The van der Waals surface area contributed by atoms with Gasteiger partial charge in [-0.05, 0) is 32.0 Å². The Kier molecular flexibility index (Phi) is 5.17. The molecule has 1 aromatic carbocycles. The van der Waals surface area contributed by atoms with Crippen LogP contribution >= 0.6 is 0 Å². The molecule has 2 aromatic heterocycles. The second-order valence-electron chi connectivity index (χ2n) is 5.58. The molecule has 134 valence electrons. The molecule has 0 spiro atoms. The Morgan fingerprint density at radius 2 is 2.08 bits per heavy atom. The number of hydrogen-bond acceptors (Lipinski definition) is 5. The minimum Gasteiger partial charge on any atom is -0.465 e. The van der Waals surface area contributed by atoms with Crippen molar-refractivity contribution in [1.29, 1.82) is 0 Å². The number of esters is 1. The first kappa shape index (κ1) is 17.5. The third-order valence-corrected chi connectivity index (χ3v) is 3.98.